The summed E-state index contributed by atoms with van der Waals surface area (Å²) >= 11 is 0. The number of urea groups is 1. The topological polar surface area (TPSA) is 41.1 Å². The van der Waals surface area contributed by atoms with Crippen molar-refractivity contribution in [2.24, 2.45) is 0 Å². The minimum atomic E-state index is -0.377. The van der Waals surface area contributed by atoms with Gasteiger partial charge in [-0.3, -0.25) is 0 Å². The van der Waals surface area contributed by atoms with Crippen LogP contribution in [0.25, 0.3) is 0 Å². The second-order valence-corrected chi connectivity index (χ2v) is 3.09. The minimum Gasteiger partial charge on any atom is -0.334 e. The molecule has 0 aromatic heterocycles. The lowest BCUT2D eigenvalue weighted by atomic mass is 10.2. The molecule has 4 heteroatoms. The normalized spacial score (nSPS) is 9.47. The lowest BCUT2D eigenvalue weighted by Crippen LogP contribution is -2.28. The summed E-state index contributed by atoms with van der Waals surface area (Å²) in [7, 11) is 0. The fourth-order valence-electron chi connectivity index (χ4n) is 1.01. The molecule has 1 aromatic carbocycles. The van der Waals surface area contributed by atoms with Crippen LogP contribution >= 0.6 is 0 Å². The third-order valence-corrected chi connectivity index (χ3v) is 1.84. The Hall–Kier alpha value is -1.84. The van der Waals surface area contributed by atoms with E-state index in [9.17, 15) is 9.18 Å². The van der Waals surface area contributed by atoms with Gasteiger partial charge in [-0.25, -0.2) is 9.18 Å². The number of anilines is 1. The molecule has 0 spiro atoms. The van der Waals surface area contributed by atoms with Crippen LogP contribution in [0.1, 0.15) is 5.56 Å². The molecule has 0 unspecified atom stereocenters. The first-order chi connectivity index (χ1) is 7.13. The summed E-state index contributed by atoms with van der Waals surface area (Å²) in [5.74, 6) is -0.337. The Balaban J connectivity index is 2.60. The van der Waals surface area contributed by atoms with Gasteiger partial charge in [0.25, 0.3) is 0 Å². The van der Waals surface area contributed by atoms with Crippen molar-refractivity contribution in [3.05, 3.63) is 42.2 Å². The number of rotatable bonds is 3. The van der Waals surface area contributed by atoms with Gasteiger partial charge >= 0.3 is 6.03 Å². The highest BCUT2D eigenvalue weighted by molar-refractivity contribution is 5.89. The minimum absolute atomic E-state index is 0.337. The van der Waals surface area contributed by atoms with Crippen LogP contribution in [0.4, 0.5) is 14.9 Å². The van der Waals surface area contributed by atoms with Crippen LogP contribution in [0.15, 0.2) is 30.9 Å². The maximum absolute atomic E-state index is 13.1. The molecule has 3 nitrogen and oxygen atoms in total. The molecule has 80 valence electrons. The van der Waals surface area contributed by atoms with Gasteiger partial charge in [-0.15, -0.1) is 6.58 Å². The van der Waals surface area contributed by atoms with E-state index in [1.54, 1.807) is 25.1 Å². The summed E-state index contributed by atoms with van der Waals surface area (Å²) in [5, 5.41) is 5.03. The van der Waals surface area contributed by atoms with Crippen molar-refractivity contribution in [3.8, 4) is 0 Å². The molecular weight excluding hydrogens is 195 g/mol. The first-order valence-corrected chi connectivity index (χ1v) is 4.55. The molecule has 15 heavy (non-hydrogen) atoms. The van der Waals surface area contributed by atoms with E-state index in [1.165, 1.54) is 6.07 Å². The third kappa shape index (κ3) is 3.42. The van der Waals surface area contributed by atoms with E-state index in [-0.39, 0.29) is 11.8 Å². The van der Waals surface area contributed by atoms with Crippen LogP contribution in [-0.4, -0.2) is 12.6 Å². The number of amides is 2. The highest BCUT2D eigenvalue weighted by atomic mass is 19.1. The van der Waals surface area contributed by atoms with Crippen LogP contribution < -0.4 is 10.6 Å². The Morgan fingerprint density at radius 3 is 2.93 bits per heavy atom. The molecule has 0 aliphatic rings. The number of benzene rings is 1. The lowest BCUT2D eigenvalue weighted by molar-refractivity contribution is 0.253. The summed E-state index contributed by atoms with van der Waals surface area (Å²) in [6.07, 6.45) is 1.56. The smallest absolute Gasteiger partial charge is 0.319 e. The first kappa shape index (κ1) is 11.2. The highest BCUT2D eigenvalue weighted by Crippen LogP contribution is 2.13. The van der Waals surface area contributed by atoms with Crippen molar-refractivity contribution in [1.29, 1.82) is 0 Å². The van der Waals surface area contributed by atoms with E-state index in [2.05, 4.69) is 17.2 Å². The molecule has 0 atom stereocenters. The maximum atomic E-state index is 13.1. The van der Waals surface area contributed by atoms with Crippen molar-refractivity contribution < 1.29 is 9.18 Å². The highest BCUT2D eigenvalue weighted by Gasteiger charge is 2.02. The standard InChI is InChI=1S/C11H13FN2O/c1-3-6-13-11(15)14-9-5-4-8(2)10(12)7-9/h3-5,7H,1,6H2,2H3,(H2,13,14,15). The van der Waals surface area contributed by atoms with Gasteiger partial charge in [0.1, 0.15) is 5.82 Å². The van der Waals surface area contributed by atoms with Crippen molar-refractivity contribution in [3.63, 3.8) is 0 Å². The molecule has 2 N–H and O–H groups in total. The van der Waals surface area contributed by atoms with Gasteiger partial charge in [0.05, 0.1) is 0 Å². The predicted octanol–water partition coefficient (Wildman–Crippen LogP) is 2.44. The van der Waals surface area contributed by atoms with Gasteiger partial charge in [0.2, 0.25) is 0 Å². The quantitative estimate of drug-likeness (QED) is 0.736. The lowest BCUT2D eigenvalue weighted by Gasteiger charge is -2.06. The number of carbonyl (C=O) groups excluding carboxylic acids is 1. The van der Waals surface area contributed by atoms with Gasteiger partial charge in [0, 0.05) is 12.2 Å². The Morgan fingerprint density at radius 1 is 1.60 bits per heavy atom. The molecule has 0 heterocycles. The molecule has 0 aliphatic carbocycles. The summed E-state index contributed by atoms with van der Waals surface area (Å²) in [6.45, 7) is 5.50. The van der Waals surface area contributed by atoms with E-state index in [1.807, 2.05) is 0 Å². The Kier molecular flexibility index (Phi) is 3.85. The van der Waals surface area contributed by atoms with Gasteiger partial charge in [-0.05, 0) is 24.6 Å². The molecule has 1 rings (SSSR count). The van der Waals surface area contributed by atoms with E-state index < -0.39 is 0 Å². The number of halogens is 1. The van der Waals surface area contributed by atoms with Gasteiger partial charge < -0.3 is 10.6 Å². The molecule has 0 radical (unpaired) electrons. The van der Waals surface area contributed by atoms with Crippen LogP contribution in [0.2, 0.25) is 0 Å². The fourth-order valence-corrected chi connectivity index (χ4v) is 1.01. The van der Waals surface area contributed by atoms with E-state index >= 15 is 0 Å². The van der Waals surface area contributed by atoms with Crippen LogP contribution in [0, 0.1) is 12.7 Å². The first-order valence-electron chi connectivity index (χ1n) is 4.55. The van der Waals surface area contributed by atoms with E-state index in [0.29, 0.717) is 17.8 Å². The largest absolute Gasteiger partial charge is 0.334 e. The fraction of sp³-hybridized carbons (Fsp3) is 0.182. The summed E-state index contributed by atoms with van der Waals surface area (Å²) in [6, 6.07) is 4.16. The average Bonchev–Trinajstić information content (AvgIpc) is 2.20. The van der Waals surface area contributed by atoms with Crippen molar-refractivity contribution in [2.75, 3.05) is 11.9 Å². The molecule has 2 amide bonds. The Morgan fingerprint density at radius 2 is 2.33 bits per heavy atom. The summed E-state index contributed by atoms with van der Waals surface area (Å²) in [4.78, 5) is 11.2. The van der Waals surface area contributed by atoms with Crippen molar-refractivity contribution >= 4 is 11.7 Å². The number of hydrogen-bond donors (Lipinski definition) is 2. The van der Waals surface area contributed by atoms with E-state index in [0.717, 1.165) is 0 Å². The zero-order chi connectivity index (χ0) is 11.3. The van der Waals surface area contributed by atoms with E-state index in [4.69, 9.17) is 0 Å². The molecule has 0 fully saturated rings. The zero-order valence-electron chi connectivity index (χ0n) is 8.51. The molecular formula is C11H13FN2O. The van der Waals surface area contributed by atoms with Crippen LogP contribution in [0.5, 0.6) is 0 Å². The average molecular weight is 208 g/mol. The Labute approximate surface area is 88.0 Å². The SMILES string of the molecule is C=CCNC(=O)Nc1ccc(C)c(F)c1. The summed E-state index contributed by atoms with van der Waals surface area (Å²) < 4.78 is 13.1. The van der Waals surface area contributed by atoms with Crippen molar-refractivity contribution in [2.45, 2.75) is 6.92 Å². The van der Waals surface area contributed by atoms with Gasteiger partial charge in [-0.1, -0.05) is 12.1 Å². The van der Waals surface area contributed by atoms with Crippen LogP contribution in [-0.2, 0) is 0 Å². The van der Waals surface area contributed by atoms with Gasteiger partial charge in [0.15, 0.2) is 0 Å². The molecule has 0 saturated heterocycles. The van der Waals surface area contributed by atoms with Gasteiger partial charge in [-0.2, -0.15) is 0 Å². The monoisotopic (exact) mass is 208 g/mol. The molecule has 0 bridgehead atoms. The second kappa shape index (κ2) is 5.14. The van der Waals surface area contributed by atoms with Crippen LogP contribution in [0.3, 0.4) is 0 Å². The second-order valence-electron chi connectivity index (χ2n) is 3.09. The van der Waals surface area contributed by atoms with Crippen molar-refractivity contribution in [1.82, 2.24) is 5.32 Å². The molecule has 0 saturated carbocycles. The Bertz CT molecular complexity index is 377. The third-order valence-electron chi connectivity index (χ3n) is 1.84. The number of nitrogens with one attached hydrogen (secondary N) is 2. The summed E-state index contributed by atoms with van der Waals surface area (Å²) in [5.41, 5.74) is 0.978. The number of aryl methyl sites for hydroxylation is 1. The number of hydrogen-bond acceptors (Lipinski definition) is 1. The molecule has 0 aliphatic heterocycles. The molecule has 1 aromatic rings. The predicted molar refractivity (Wildman–Crippen MR) is 58.4 cm³/mol. The number of carbonyl (C=O) groups is 1. The zero-order valence-corrected chi connectivity index (χ0v) is 8.51. The maximum Gasteiger partial charge on any atom is 0.319 e.